The Balaban J connectivity index is 3.61. The lowest BCUT2D eigenvalue weighted by Gasteiger charge is -2.16. The fourth-order valence-electron chi connectivity index (χ4n) is 6.29. The third kappa shape index (κ3) is 35.0. The summed E-state index contributed by atoms with van der Waals surface area (Å²) in [5, 5.41) is 29.9. The largest absolute Gasteiger partial charge is 0.462 e. The Morgan fingerprint density at radius 2 is 1.02 bits per heavy atom. The number of allylic oxidation sites excluding steroid dienone is 1. The second-order valence-electron chi connectivity index (χ2n) is 15.2. The monoisotopic (exact) mass is 711 g/mol. The van der Waals surface area contributed by atoms with Crippen LogP contribution in [-0.4, -0.2) is 58.8 Å². The summed E-state index contributed by atoms with van der Waals surface area (Å²) in [5.74, 6) is 0.157. The van der Waals surface area contributed by atoms with Crippen molar-refractivity contribution in [3.8, 4) is 0 Å². The number of esters is 2. The van der Waals surface area contributed by atoms with Gasteiger partial charge >= 0.3 is 11.9 Å². The summed E-state index contributed by atoms with van der Waals surface area (Å²) < 4.78 is 10.6. The number of unbranched alkanes of at least 4 members (excludes halogenated alkanes) is 22. The zero-order chi connectivity index (χ0) is 36.9. The van der Waals surface area contributed by atoms with Gasteiger partial charge < -0.3 is 24.8 Å². The minimum absolute atomic E-state index is 0.117. The van der Waals surface area contributed by atoms with Gasteiger partial charge in [-0.05, 0) is 44.4 Å². The normalized spacial score (nSPS) is 13.6. The van der Waals surface area contributed by atoms with Gasteiger partial charge in [0.15, 0.2) is 6.10 Å². The van der Waals surface area contributed by atoms with Gasteiger partial charge in [-0.1, -0.05) is 174 Å². The van der Waals surface area contributed by atoms with Crippen molar-refractivity contribution in [2.45, 2.75) is 232 Å². The summed E-state index contributed by atoms with van der Waals surface area (Å²) in [6, 6.07) is 0. The van der Waals surface area contributed by atoms with Crippen LogP contribution in [0, 0.1) is 5.92 Å². The van der Waals surface area contributed by atoms with E-state index in [1.165, 1.54) is 109 Å². The predicted octanol–water partition coefficient (Wildman–Crippen LogP) is 11.1. The number of rotatable bonds is 38. The highest BCUT2D eigenvalue weighted by Gasteiger charge is 2.16. The first kappa shape index (κ1) is 48.6. The lowest BCUT2D eigenvalue weighted by molar-refractivity contribution is -0.161. The van der Waals surface area contributed by atoms with Gasteiger partial charge in [0.05, 0.1) is 18.8 Å². The lowest BCUT2D eigenvalue weighted by Crippen LogP contribution is -2.28. The summed E-state index contributed by atoms with van der Waals surface area (Å²) in [7, 11) is 0. The van der Waals surface area contributed by atoms with Crippen LogP contribution in [-0.2, 0) is 19.1 Å². The van der Waals surface area contributed by atoms with Crippen LogP contribution in [0.4, 0.5) is 0 Å². The highest BCUT2D eigenvalue weighted by Crippen LogP contribution is 2.16. The first-order valence-electron chi connectivity index (χ1n) is 21.3. The minimum Gasteiger partial charge on any atom is -0.462 e. The maximum absolute atomic E-state index is 12.2. The zero-order valence-corrected chi connectivity index (χ0v) is 33.1. The van der Waals surface area contributed by atoms with Crippen LogP contribution in [0.3, 0.4) is 0 Å². The molecule has 0 saturated carbocycles. The molecule has 0 spiro atoms. The molecule has 0 saturated heterocycles. The maximum Gasteiger partial charge on any atom is 0.306 e. The summed E-state index contributed by atoms with van der Waals surface area (Å²) in [5.41, 5.74) is 0. The van der Waals surface area contributed by atoms with Crippen molar-refractivity contribution in [3.63, 3.8) is 0 Å². The van der Waals surface area contributed by atoms with E-state index in [1.54, 1.807) is 0 Å². The van der Waals surface area contributed by atoms with Crippen LogP contribution in [0.25, 0.3) is 0 Å². The molecular formula is C43H82O7. The quantitative estimate of drug-likeness (QED) is 0.0332. The predicted molar refractivity (Wildman–Crippen MR) is 208 cm³/mol. The Bertz CT molecular complexity index is 768. The van der Waals surface area contributed by atoms with Crippen molar-refractivity contribution >= 4 is 11.9 Å². The van der Waals surface area contributed by atoms with Crippen LogP contribution >= 0.6 is 0 Å². The van der Waals surface area contributed by atoms with Crippen molar-refractivity contribution in [3.05, 3.63) is 12.2 Å². The first-order chi connectivity index (χ1) is 24.3. The molecule has 3 atom stereocenters. The van der Waals surface area contributed by atoms with E-state index >= 15 is 0 Å². The molecule has 0 unspecified atom stereocenters. The molecule has 0 aromatic carbocycles. The maximum atomic E-state index is 12.2. The van der Waals surface area contributed by atoms with Gasteiger partial charge in [0, 0.05) is 12.8 Å². The number of carbonyl (C=O) groups excluding carboxylic acids is 2. The van der Waals surface area contributed by atoms with E-state index in [0.29, 0.717) is 25.7 Å². The van der Waals surface area contributed by atoms with Crippen molar-refractivity contribution in [2.75, 3.05) is 13.2 Å². The van der Waals surface area contributed by atoms with Gasteiger partial charge in [0.25, 0.3) is 0 Å². The van der Waals surface area contributed by atoms with Crippen LogP contribution in [0.5, 0.6) is 0 Å². The molecule has 0 aromatic heterocycles. The molecule has 0 amide bonds. The minimum atomic E-state index is -0.815. The number of ether oxygens (including phenoxy) is 2. The van der Waals surface area contributed by atoms with Crippen LogP contribution in [0.2, 0.25) is 0 Å². The fraction of sp³-hybridized carbons (Fsp3) is 0.907. The number of hydrogen-bond donors (Lipinski definition) is 3. The molecule has 0 aliphatic rings. The standard InChI is InChI=1S/C43H82O7/c1-4-5-6-7-22-27-32-40(45)41(46)33-28-23-20-25-29-34-42(47)49-37-39(36-44)50-43(48)35-30-24-19-17-15-13-11-9-8-10-12-14-16-18-21-26-31-38(2)3/h22,27,38-41,44-46H,4-21,23-26,28-37H2,1-3H3/b27-22-/t39-,40+,41+/m0/s1. The number of aliphatic hydroxyl groups is 3. The second kappa shape index (κ2) is 37.3. The highest BCUT2D eigenvalue weighted by atomic mass is 16.6. The fourth-order valence-corrected chi connectivity index (χ4v) is 6.29. The van der Waals surface area contributed by atoms with E-state index < -0.39 is 18.3 Å². The number of hydrogen-bond acceptors (Lipinski definition) is 7. The third-order valence-electron chi connectivity index (χ3n) is 9.69. The summed E-state index contributed by atoms with van der Waals surface area (Å²) in [6.45, 7) is 6.32. The first-order valence-corrected chi connectivity index (χ1v) is 21.3. The van der Waals surface area contributed by atoms with Crippen molar-refractivity contribution in [2.24, 2.45) is 5.92 Å². The van der Waals surface area contributed by atoms with Gasteiger partial charge in [-0.2, -0.15) is 0 Å². The SMILES string of the molecule is CCCCC/C=C\C[C@@H](O)[C@H](O)CCCCCCCC(=O)OC[C@H](CO)OC(=O)CCCCCCCCCCCCCCCCCCC(C)C. The second-order valence-corrected chi connectivity index (χ2v) is 15.2. The van der Waals surface area contributed by atoms with Crippen molar-refractivity contribution < 1.29 is 34.4 Å². The molecule has 3 N–H and O–H groups in total. The Hall–Kier alpha value is -1.44. The molecule has 0 fully saturated rings. The molecule has 0 rings (SSSR count). The average Bonchev–Trinajstić information content (AvgIpc) is 3.10. The van der Waals surface area contributed by atoms with E-state index in [0.717, 1.165) is 57.3 Å². The Morgan fingerprint density at radius 1 is 0.560 bits per heavy atom. The molecule has 50 heavy (non-hydrogen) atoms. The van der Waals surface area contributed by atoms with E-state index in [4.69, 9.17) is 9.47 Å². The number of aliphatic hydroxyl groups excluding tert-OH is 3. The van der Waals surface area contributed by atoms with Gasteiger partial charge in [-0.15, -0.1) is 0 Å². The molecule has 7 heteroatoms. The van der Waals surface area contributed by atoms with Gasteiger partial charge in [0.1, 0.15) is 6.61 Å². The van der Waals surface area contributed by atoms with Gasteiger partial charge in [0.2, 0.25) is 0 Å². The smallest absolute Gasteiger partial charge is 0.306 e. The van der Waals surface area contributed by atoms with E-state index in [9.17, 15) is 24.9 Å². The van der Waals surface area contributed by atoms with Crippen LogP contribution < -0.4 is 0 Å². The van der Waals surface area contributed by atoms with Gasteiger partial charge in [-0.25, -0.2) is 0 Å². The highest BCUT2D eigenvalue weighted by molar-refractivity contribution is 5.70. The molecule has 0 aliphatic carbocycles. The summed E-state index contributed by atoms with van der Waals surface area (Å²) in [4.78, 5) is 24.3. The Morgan fingerprint density at radius 3 is 1.50 bits per heavy atom. The molecular weight excluding hydrogens is 628 g/mol. The summed E-state index contributed by atoms with van der Waals surface area (Å²) in [6.07, 6.45) is 34.4. The van der Waals surface area contributed by atoms with Gasteiger partial charge in [-0.3, -0.25) is 9.59 Å². The van der Waals surface area contributed by atoms with E-state index in [-0.39, 0.29) is 31.6 Å². The molecule has 0 aliphatic heterocycles. The number of carbonyl (C=O) groups is 2. The van der Waals surface area contributed by atoms with Crippen molar-refractivity contribution in [1.29, 1.82) is 0 Å². The Kier molecular flexibility index (Phi) is 36.2. The molecule has 7 nitrogen and oxygen atoms in total. The van der Waals surface area contributed by atoms with E-state index in [2.05, 4.69) is 26.8 Å². The summed E-state index contributed by atoms with van der Waals surface area (Å²) >= 11 is 0. The topological polar surface area (TPSA) is 113 Å². The zero-order valence-electron chi connectivity index (χ0n) is 33.1. The molecule has 0 bridgehead atoms. The lowest BCUT2D eigenvalue weighted by atomic mass is 10.0. The molecule has 296 valence electrons. The molecule has 0 aromatic rings. The van der Waals surface area contributed by atoms with E-state index in [1.807, 2.05) is 6.08 Å². The van der Waals surface area contributed by atoms with Crippen LogP contribution in [0.1, 0.15) is 213 Å². The molecule has 0 radical (unpaired) electrons. The van der Waals surface area contributed by atoms with Crippen LogP contribution in [0.15, 0.2) is 12.2 Å². The average molecular weight is 711 g/mol. The Labute approximate surface area is 308 Å². The molecule has 0 heterocycles. The third-order valence-corrected chi connectivity index (χ3v) is 9.69. The van der Waals surface area contributed by atoms with Crippen molar-refractivity contribution in [1.82, 2.24) is 0 Å².